The Hall–Kier alpha value is -4.28. The maximum Gasteiger partial charge on any atom is 0.427 e. The van der Waals surface area contributed by atoms with Crippen LogP contribution in [0.25, 0.3) is 11.0 Å². The minimum atomic E-state index is -4.87. The number of carbonyl (C=O) groups excluding carboxylic acids is 4. The summed E-state index contributed by atoms with van der Waals surface area (Å²) in [7, 11) is -4.04. The quantitative estimate of drug-likeness (QED) is 0.194. The van der Waals surface area contributed by atoms with Crippen LogP contribution in [0.4, 0.5) is 13.2 Å². The summed E-state index contributed by atoms with van der Waals surface area (Å²) in [6, 6.07) is 4.09. The first kappa shape index (κ1) is 45.3. The normalized spacial score (nSPS) is 29.2. The fraction of sp³-hybridized carbons (Fsp3) is 0.674. The number of nitrogens with one attached hydrogen (secondary N) is 1. The van der Waals surface area contributed by atoms with Crippen LogP contribution in [0.3, 0.4) is 0 Å². The van der Waals surface area contributed by atoms with Gasteiger partial charge in [0.1, 0.15) is 17.5 Å². The van der Waals surface area contributed by atoms with E-state index in [1.165, 1.54) is 4.90 Å². The molecule has 2 amide bonds. The third-order valence-corrected chi connectivity index (χ3v) is 14.8. The van der Waals surface area contributed by atoms with Crippen molar-refractivity contribution in [3.8, 4) is 11.6 Å². The van der Waals surface area contributed by atoms with E-state index in [1.54, 1.807) is 39.0 Å². The van der Waals surface area contributed by atoms with Gasteiger partial charge in [0.2, 0.25) is 33.3 Å². The van der Waals surface area contributed by atoms with E-state index in [9.17, 15) is 40.8 Å². The minimum Gasteiger partial charge on any atom is -0.491 e. The van der Waals surface area contributed by atoms with Crippen molar-refractivity contribution in [2.45, 2.75) is 148 Å². The number of aryl methyl sites for hydroxylation is 1. The second-order valence-corrected chi connectivity index (χ2v) is 20.7. The number of allylic oxidation sites excluding steroid dienone is 2. The molecule has 13 nitrogen and oxygen atoms in total. The number of hydrogen-bond acceptors (Lipinski definition) is 11. The first-order chi connectivity index (χ1) is 27.8. The summed E-state index contributed by atoms with van der Waals surface area (Å²) in [5, 5.41) is 0. The maximum atomic E-state index is 14.9. The molecule has 2 aromatic rings. The summed E-state index contributed by atoms with van der Waals surface area (Å²) in [4.78, 5) is 67.5. The van der Waals surface area contributed by atoms with Crippen molar-refractivity contribution in [3.63, 3.8) is 0 Å². The number of nitrogens with zero attached hydrogens (tertiary/aromatic N) is 3. The smallest absolute Gasteiger partial charge is 0.427 e. The number of benzene rings is 1. The molecule has 0 unspecified atom stereocenters. The highest BCUT2D eigenvalue weighted by Crippen LogP contribution is 2.58. The van der Waals surface area contributed by atoms with Crippen molar-refractivity contribution in [2.75, 3.05) is 6.54 Å². The predicted molar refractivity (Wildman–Crippen MR) is 215 cm³/mol. The Kier molecular flexibility index (Phi) is 12.5. The number of hydrogen-bond donors (Lipinski definition) is 1. The number of sulfonamides is 1. The monoisotopic (exact) mass is 862 g/mol. The van der Waals surface area contributed by atoms with Gasteiger partial charge in [-0.3, -0.25) is 23.9 Å². The van der Waals surface area contributed by atoms with Gasteiger partial charge in [0.05, 0.1) is 52.2 Å². The number of ether oxygens (including phenoxy) is 3. The number of halogens is 3. The van der Waals surface area contributed by atoms with Gasteiger partial charge >= 0.3 is 12.1 Å². The summed E-state index contributed by atoms with van der Waals surface area (Å²) in [6.45, 7) is 12.1. The Labute approximate surface area is 349 Å². The lowest BCUT2D eigenvalue weighted by atomic mass is 9.82. The molecule has 6 rings (SSSR count). The molecular formula is C43H57F3N4O9S. The van der Waals surface area contributed by atoms with E-state index in [2.05, 4.69) is 9.71 Å². The SMILES string of the molecule is Cc1nc2ccc(OC(C)C)cc2nc1O[C@@H]1C[C@H]2C(=O)C[C@]3(C(=O)NS(=O)(=O)C4(C)CC4)C[C@H]3/C=C\CC[C@@H](C)C[C@@H](C)[C@H](CC(=O)OC(C)(C)C(F)(F)F)C(=O)N2C1. The molecule has 0 bridgehead atoms. The van der Waals surface area contributed by atoms with E-state index in [1.807, 2.05) is 32.9 Å². The van der Waals surface area contributed by atoms with Gasteiger partial charge in [-0.15, -0.1) is 0 Å². The zero-order chi connectivity index (χ0) is 44.2. The lowest BCUT2D eigenvalue weighted by Crippen LogP contribution is -2.48. The highest BCUT2D eigenvalue weighted by Gasteiger charge is 2.63. The van der Waals surface area contributed by atoms with Crippen molar-refractivity contribution in [1.29, 1.82) is 0 Å². The number of amides is 2. The van der Waals surface area contributed by atoms with E-state index in [0.29, 0.717) is 54.6 Å². The second-order valence-electron chi connectivity index (χ2n) is 18.5. The van der Waals surface area contributed by atoms with Crippen molar-refractivity contribution in [2.24, 2.45) is 29.1 Å². The molecule has 4 aliphatic rings. The first-order valence-electron chi connectivity index (χ1n) is 20.8. The van der Waals surface area contributed by atoms with Gasteiger partial charge < -0.3 is 19.1 Å². The third kappa shape index (κ3) is 9.60. The van der Waals surface area contributed by atoms with Crippen molar-refractivity contribution < 1.29 is 55.0 Å². The topological polar surface area (TPSA) is 171 Å². The molecule has 2 aliphatic carbocycles. The van der Waals surface area contributed by atoms with Crippen LogP contribution in [0.1, 0.15) is 112 Å². The van der Waals surface area contributed by atoms with Crippen LogP contribution < -0.4 is 14.2 Å². The zero-order valence-electron chi connectivity index (χ0n) is 35.6. The van der Waals surface area contributed by atoms with Gasteiger partial charge in [0.25, 0.3) is 0 Å². The summed E-state index contributed by atoms with van der Waals surface area (Å²) in [5.74, 6) is -4.52. The Morgan fingerprint density at radius 3 is 2.42 bits per heavy atom. The summed E-state index contributed by atoms with van der Waals surface area (Å²) in [6.07, 6.45) is -0.415. The van der Waals surface area contributed by atoms with Crippen LogP contribution in [0.2, 0.25) is 0 Å². The average Bonchev–Trinajstić information content (AvgIpc) is 4.01. The van der Waals surface area contributed by atoms with Crippen LogP contribution in [-0.2, 0) is 33.9 Å². The van der Waals surface area contributed by atoms with Crippen molar-refractivity contribution in [1.82, 2.24) is 19.6 Å². The molecule has 7 atom stereocenters. The van der Waals surface area contributed by atoms with Gasteiger partial charge in [0.15, 0.2) is 5.78 Å². The molecule has 3 heterocycles. The van der Waals surface area contributed by atoms with Gasteiger partial charge in [-0.2, -0.15) is 13.2 Å². The van der Waals surface area contributed by atoms with Crippen LogP contribution in [0.15, 0.2) is 30.4 Å². The third-order valence-electron chi connectivity index (χ3n) is 12.7. The second kappa shape index (κ2) is 16.5. The molecule has 3 fully saturated rings. The summed E-state index contributed by atoms with van der Waals surface area (Å²) >= 11 is 0. The molecule has 2 saturated carbocycles. The van der Waals surface area contributed by atoms with Gasteiger partial charge in [-0.05, 0) is 110 Å². The molecule has 1 aromatic carbocycles. The minimum absolute atomic E-state index is 0.0115. The number of aromatic nitrogens is 2. The molecule has 0 radical (unpaired) electrons. The molecule has 2 aliphatic heterocycles. The number of alkyl halides is 3. The Balaban J connectivity index is 1.35. The number of carbonyl (C=O) groups is 4. The van der Waals surface area contributed by atoms with E-state index < -0.39 is 91.8 Å². The van der Waals surface area contributed by atoms with Gasteiger partial charge in [0, 0.05) is 18.9 Å². The van der Waals surface area contributed by atoms with Crippen LogP contribution in [0.5, 0.6) is 11.6 Å². The van der Waals surface area contributed by atoms with E-state index in [4.69, 9.17) is 19.2 Å². The molecule has 17 heteroatoms. The molecule has 1 saturated heterocycles. The standard InChI is InChI=1S/C43H57F3N4O9S/c1-24(2)57-29-13-14-32-33(18-29)48-37(27(5)47-32)58-30-19-34-35(51)22-42(39(54)49-60(55,56)41(8)15-16-41)21-28(42)12-10-9-11-25(3)17-26(4)31(38(53)50(34)23-30)20-36(52)59-40(6,7)43(44,45)46/h10,12-14,18,24-26,28,30-31,34H,9,11,15-17,19-23H2,1-8H3,(H,49,54)/b12-10-/t25-,26-,28-,30-,31+,34+,42-/m1/s1. The summed E-state index contributed by atoms with van der Waals surface area (Å²) in [5.41, 5.74) is -2.71. The maximum absolute atomic E-state index is 14.9. The fourth-order valence-corrected chi connectivity index (χ4v) is 9.70. The molecule has 1 aromatic heterocycles. The number of Topliss-reactive ketones (excluding diaryl/α,β-unsaturated/α-hetero) is 1. The molecule has 1 N–H and O–H groups in total. The number of ketones is 1. The fourth-order valence-electron chi connectivity index (χ4n) is 8.37. The molecule has 330 valence electrons. The molecule has 0 spiro atoms. The van der Waals surface area contributed by atoms with Gasteiger partial charge in [-0.25, -0.2) is 18.4 Å². The summed E-state index contributed by atoms with van der Waals surface area (Å²) < 4.78 is 86.2. The predicted octanol–water partition coefficient (Wildman–Crippen LogP) is 6.94. The van der Waals surface area contributed by atoms with Crippen LogP contribution >= 0.6 is 0 Å². The lowest BCUT2D eigenvalue weighted by molar-refractivity contribution is -0.257. The first-order valence-corrected chi connectivity index (χ1v) is 22.3. The Bertz CT molecular complexity index is 2160. The zero-order valence-corrected chi connectivity index (χ0v) is 36.4. The van der Waals surface area contributed by atoms with E-state index in [0.717, 1.165) is 13.8 Å². The van der Waals surface area contributed by atoms with E-state index >= 15 is 0 Å². The van der Waals surface area contributed by atoms with Gasteiger partial charge in [-0.1, -0.05) is 26.0 Å². The van der Waals surface area contributed by atoms with Crippen LogP contribution in [-0.4, -0.2) is 88.2 Å². The highest BCUT2D eigenvalue weighted by molar-refractivity contribution is 7.91. The van der Waals surface area contributed by atoms with E-state index in [-0.39, 0.29) is 43.7 Å². The molecular weight excluding hydrogens is 806 g/mol. The van der Waals surface area contributed by atoms with Crippen molar-refractivity contribution >= 4 is 44.6 Å². The lowest BCUT2D eigenvalue weighted by Gasteiger charge is -2.33. The number of esters is 1. The number of fused-ring (bicyclic) bond motifs is 3. The highest BCUT2D eigenvalue weighted by atomic mass is 32.2. The number of rotatable bonds is 10. The average molecular weight is 863 g/mol. The largest absolute Gasteiger partial charge is 0.491 e. The van der Waals surface area contributed by atoms with Crippen molar-refractivity contribution in [3.05, 3.63) is 36.0 Å². The molecule has 60 heavy (non-hydrogen) atoms. The Morgan fingerprint density at radius 1 is 1.07 bits per heavy atom. The Morgan fingerprint density at radius 2 is 1.77 bits per heavy atom. The van der Waals surface area contributed by atoms with Crippen LogP contribution in [0, 0.1) is 36.0 Å².